The van der Waals surface area contributed by atoms with Gasteiger partial charge in [-0.1, -0.05) is 0 Å². The van der Waals surface area contributed by atoms with E-state index < -0.39 is 0 Å². The van der Waals surface area contributed by atoms with Gasteiger partial charge in [-0.3, -0.25) is 0 Å². The molecule has 1 aromatic carbocycles. The number of anilines is 2. The molecule has 1 aromatic rings. The lowest BCUT2D eigenvalue weighted by molar-refractivity contribution is 0.459. The molecule has 0 aliphatic carbocycles. The number of phenols is 2. The number of hydrogen-bond acceptors (Lipinski definition) is 4. The van der Waals surface area contributed by atoms with Crippen molar-refractivity contribution in [1.82, 2.24) is 0 Å². The highest BCUT2D eigenvalue weighted by Crippen LogP contribution is 2.39. The number of benzene rings is 1. The summed E-state index contributed by atoms with van der Waals surface area (Å²) in [4.78, 5) is 3.65. The maximum atomic E-state index is 10.3. The molecular formula is C14H20Cl4N2O2. The van der Waals surface area contributed by atoms with E-state index in [1.807, 2.05) is 9.80 Å². The molecule has 0 aliphatic heterocycles. The van der Waals surface area contributed by atoms with Crippen LogP contribution in [0.2, 0.25) is 0 Å². The highest BCUT2D eigenvalue weighted by Gasteiger charge is 2.17. The second-order valence-electron chi connectivity index (χ2n) is 4.56. The summed E-state index contributed by atoms with van der Waals surface area (Å²) >= 11 is 23.1. The predicted molar refractivity (Wildman–Crippen MR) is 97.1 cm³/mol. The third kappa shape index (κ3) is 5.34. The van der Waals surface area contributed by atoms with Crippen molar-refractivity contribution in [3.8, 4) is 11.5 Å². The third-order valence-electron chi connectivity index (χ3n) is 3.17. The van der Waals surface area contributed by atoms with E-state index in [9.17, 15) is 10.2 Å². The molecule has 0 atom stereocenters. The molecule has 2 N–H and O–H groups in total. The first-order chi connectivity index (χ1) is 10.6. The predicted octanol–water partition coefficient (Wildman–Crippen LogP) is 3.67. The van der Waals surface area contributed by atoms with Gasteiger partial charge in [0.25, 0.3) is 0 Å². The average molecular weight is 390 g/mol. The number of phenolic OH excluding ortho intramolecular Hbond substituents is 2. The largest absolute Gasteiger partial charge is 0.506 e. The lowest BCUT2D eigenvalue weighted by atomic mass is 10.2. The molecule has 22 heavy (non-hydrogen) atoms. The fourth-order valence-electron chi connectivity index (χ4n) is 2.17. The normalized spacial score (nSPS) is 10.7. The van der Waals surface area contributed by atoms with Gasteiger partial charge < -0.3 is 20.0 Å². The zero-order valence-electron chi connectivity index (χ0n) is 12.1. The molecule has 8 heteroatoms. The van der Waals surface area contributed by atoms with Crippen LogP contribution in [-0.4, -0.2) is 59.9 Å². The summed E-state index contributed by atoms with van der Waals surface area (Å²) in [5.74, 6) is 1.68. The van der Waals surface area contributed by atoms with Crippen molar-refractivity contribution in [3.63, 3.8) is 0 Å². The Hall–Kier alpha value is -0.420. The summed E-state index contributed by atoms with van der Waals surface area (Å²) in [5, 5.41) is 20.6. The molecule has 4 nitrogen and oxygen atoms in total. The smallest absolute Gasteiger partial charge is 0.141 e. The molecule has 0 saturated heterocycles. The first kappa shape index (κ1) is 19.6. The molecule has 0 fully saturated rings. The minimum atomic E-state index is 0.0529. The molecular weight excluding hydrogens is 370 g/mol. The Kier molecular flexibility index (Phi) is 9.25. The van der Waals surface area contributed by atoms with E-state index in [2.05, 4.69) is 0 Å². The van der Waals surface area contributed by atoms with Crippen LogP contribution in [0.4, 0.5) is 11.4 Å². The minimum Gasteiger partial charge on any atom is -0.506 e. The topological polar surface area (TPSA) is 46.9 Å². The highest BCUT2D eigenvalue weighted by atomic mass is 35.5. The molecule has 0 aliphatic rings. The van der Waals surface area contributed by atoms with Gasteiger partial charge in [0.1, 0.15) is 11.5 Å². The summed E-state index contributed by atoms with van der Waals surface area (Å²) in [7, 11) is 0. The number of rotatable bonds is 10. The first-order valence-electron chi connectivity index (χ1n) is 6.88. The number of alkyl halides is 4. The monoisotopic (exact) mass is 388 g/mol. The fourth-order valence-corrected chi connectivity index (χ4v) is 2.99. The van der Waals surface area contributed by atoms with Crippen LogP contribution in [0, 0.1) is 0 Å². The average Bonchev–Trinajstić information content (AvgIpc) is 2.49. The highest BCUT2D eigenvalue weighted by molar-refractivity contribution is 6.19. The van der Waals surface area contributed by atoms with E-state index in [0.717, 1.165) is 0 Å². The van der Waals surface area contributed by atoms with Crippen LogP contribution in [0.25, 0.3) is 0 Å². The van der Waals surface area contributed by atoms with Crippen molar-refractivity contribution < 1.29 is 10.2 Å². The van der Waals surface area contributed by atoms with Crippen LogP contribution in [0.1, 0.15) is 0 Å². The van der Waals surface area contributed by atoms with Crippen molar-refractivity contribution in [1.29, 1.82) is 0 Å². The number of aromatic hydroxyl groups is 2. The van der Waals surface area contributed by atoms with E-state index in [-0.39, 0.29) is 11.5 Å². The molecule has 0 unspecified atom stereocenters. The standard InChI is InChI=1S/C14H20Cl4N2O2/c15-1-5-19(6-2-16)11-9-14(22)12(10-13(11)21)20(7-3-17)8-4-18/h9-10,21-22H,1-8H2. The SMILES string of the molecule is Oc1cc(N(CCCl)CCCl)c(O)cc1N(CCCl)CCCl. The van der Waals surface area contributed by atoms with Gasteiger partial charge in [0, 0.05) is 61.8 Å². The van der Waals surface area contributed by atoms with Gasteiger partial charge in [-0.15, -0.1) is 46.4 Å². The Labute approximate surface area is 151 Å². The fraction of sp³-hybridized carbons (Fsp3) is 0.571. The van der Waals surface area contributed by atoms with Gasteiger partial charge >= 0.3 is 0 Å². The molecule has 0 heterocycles. The molecule has 126 valence electrons. The van der Waals surface area contributed by atoms with Crippen LogP contribution in [-0.2, 0) is 0 Å². The molecule has 1 rings (SSSR count). The van der Waals surface area contributed by atoms with Gasteiger partial charge in [-0.05, 0) is 0 Å². The van der Waals surface area contributed by atoms with E-state index in [0.29, 0.717) is 61.1 Å². The quantitative estimate of drug-likeness (QED) is 0.473. The van der Waals surface area contributed by atoms with Gasteiger partial charge in [-0.2, -0.15) is 0 Å². The molecule has 0 saturated carbocycles. The maximum Gasteiger partial charge on any atom is 0.141 e. The van der Waals surface area contributed by atoms with E-state index in [1.165, 1.54) is 12.1 Å². The lowest BCUT2D eigenvalue weighted by Gasteiger charge is -2.28. The van der Waals surface area contributed by atoms with Crippen molar-refractivity contribution >= 4 is 57.8 Å². The Morgan fingerprint density at radius 3 is 1.14 bits per heavy atom. The summed E-state index contributed by atoms with van der Waals surface area (Å²) in [6.45, 7) is 2.09. The van der Waals surface area contributed by atoms with Crippen molar-refractivity contribution in [3.05, 3.63) is 12.1 Å². The van der Waals surface area contributed by atoms with Gasteiger partial charge in [-0.25, -0.2) is 0 Å². The van der Waals surface area contributed by atoms with E-state index >= 15 is 0 Å². The number of halogens is 4. The summed E-state index contributed by atoms with van der Waals surface area (Å²) < 4.78 is 0. The van der Waals surface area contributed by atoms with Gasteiger partial charge in [0.05, 0.1) is 11.4 Å². The Morgan fingerprint density at radius 1 is 0.636 bits per heavy atom. The zero-order chi connectivity index (χ0) is 16.5. The molecule has 0 aromatic heterocycles. The van der Waals surface area contributed by atoms with Gasteiger partial charge in [0.2, 0.25) is 0 Å². The first-order valence-corrected chi connectivity index (χ1v) is 9.02. The molecule has 0 bridgehead atoms. The Morgan fingerprint density at radius 2 is 0.909 bits per heavy atom. The van der Waals surface area contributed by atoms with Crippen LogP contribution in [0.5, 0.6) is 11.5 Å². The van der Waals surface area contributed by atoms with Crippen LogP contribution in [0.15, 0.2) is 12.1 Å². The second-order valence-corrected chi connectivity index (χ2v) is 6.07. The number of hydrogen-bond donors (Lipinski definition) is 2. The van der Waals surface area contributed by atoms with Gasteiger partial charge in [0.15, 0.2) is 0 Å². The minimum absolute atomic E-state index is 0.0529. The third-order valence-corrected chi connectivity index (χ3v) is 3.85. The number of nitrogens with zero attached hydrogens (tertiary/aromatic N) is 2. The van der Waals surface area contributed by atoms with Crippen LogP contribution in [0.3, 0.4) is 0 Å². The summed E-state index contributed by atoms with van der Waals surface area (Å²) in [6, 6.07) is 3.03. The van der Waals surface area contributed by atoms with Crippen molar-refractivity contribution in [2.75, 3.05) is 59.5 Å². The summed E-state index contributed by atoms with van der Waals surface area (Å²) in [5.41, 5.74) is 0.999. The van der Waals surface area contributed by atoms with Crippen LogP contribution < -0.4 is 9.80 Å². The zero-order valence-corrected chi connectivity index (χ0v) is 15.1. The lowest BCUT2D eigenvalue weighted by Crippen LogP contribution is -2.29. The second kappa shape index (κ2) is 10.4. The van der Waals surface area contributed by atoms with Crippen molar-refractivity contribution in [2.45, 2.75) is 0 Å². The molecule has 0 radical (unpaired) electrons. The Bertz CT molecular complexity index is 409. The molecule has 0 amide bonds. The van der Waals surface area contributed by atoms with Crippen molar-refractivity contribution in [2.24, 2.45) is 0 Å². The molecule has 0 spiro atoms. The summed E-state index contributed by atoms with van der Waals surface area (Å²) in [6.07, 6.45) is 0. The Balaban J connectivity index is 3.13. The maximum absolute atomic E-state index is 10.3. The van der Waals surface area contributed by atoms with E-state index in [4.69, 9.17) is 46.4 Å². The van der Waals surface area contributed by atoms with Crippen LogP contribution >= 0.6 is 46.4 Å². The van der Waals surface area contributed by atoms with E-state index in [1.54, 1.807) is 0 Å².